The van der Waals surface area contributed by atoms with Crippen LogP contribution >= 0.6 is 0 Å². The van der Waals surface area contributed by atoms with Crippen molar-refractivity contribution in [3.63, 3.8) is 0 Å². The summed E-state index contributed by atoms with van der Waals surface area (Å²) in [5, 5.41) is 2.94. The summed E-state index contributed by atoms with van der Waals surface area (Å²) in [4.78, 5) is 14.3. The molecule has 3 rings (SSSR count). The second kappa shape index (κ2) is 6.99. The third kappa shape index (κ3) is 4.39. The molecule has 1 aromatic rings. The van der Waals surface area contributed by atoms with Crippen LogP contribution in [-0.2, 0) is 9.47 Å². The largest absolute Gasteiger partial charge is 0.488 e. The molecule has 2 atom stereocenters. The molecule has 1 N–H and O–H groups in total. The van der Waals surface area contributed by atoms with E-state index in [1.54, 1.807) is 4.90 Å². The molecule has 0 bridgehead atoms. The van der Waals surface area contributed by atoms with E-state index in [9.17, 15) is 4.79 Å². The summed E-state index contributed by atoms with van der Waals surface area (Å²) in [6.45, 7) is 8.56. The van der Waals surface area contributed by atoms with Crippen LogP contribution in [0.3, 0.4) is 0 Å². The van der Waals surface area contributed by atoms with Gasteiger partial charge in [0, 0.05) is 18.7 Å². The zero-order valence-corrected chi connectivity index (χ0v) is 14.6. The first-order valence-electron chi connectivity index (χ1n) is 8.49. The minimum atomic E-state index is -0.323. The highest BCUT2D eigenvalue weighted by Gasteiger charge is 2.33. The van der Waals surface area contributed by atoms with Crippen molar-refractivity contribution < 1.29 is 19.0 Å². The summed E-state index contributed by atoms with van der Waals surface area (Å²) in [5.41, 5.74) is 0.433. The third-order valence-electron chi connectivity index (χ3n) is 4.15. The van der Waals surface area contributed by atoms with Gasteiger partial charge in [0.1, 0.15) is 11.9 Å². The van der Waals surface area contributed by atoms with Gasteiger partial charge in [0.05, 0.1) is 31.5 Å². The molecule has 6 nitrogen and oxygen atoms in total. The van der Waals surface area contributed by atoms with Crippen LogP contribution in [0.25, 0.3) is 0 Å². The van der Waals surface area contributed by atoms with Gasteiger partial charge in [-0.25, -0.2) is 4.79 Å². The van der Waals surface area contributed by atoms with Crippen LogP contribution < -0.4 is 10.1 Å². The highest BCUT2D eigenvalue weighted by Crippen LogP contribution is 2.23. The number of nitrogens with zero attached hydrogens (tertiary/aromatic N) is 1. The number of carbonyl (C=O) groups is 1. The summed E-state index contributed by atoms with van der Waals surface area (Å²) in [6, 6.07) is 7.37. The molecule has 0 saturated carbocycles. The normalized spacial score (nSPS) is 26.2. The molecular formula is C18H26N2O4. The topological polar surface area (TPSA) is 60.0 Å². The monoisotopic (exact) mass is 334 g/mol. The van der Waals surface area contributed by atoms with Gasteiger partial charge in [-0.2, -0.15) is 0 Å². The molecule has 24 heavy (non-hydrogen) atoms. The van der Waals surface area contributed by atoms with Crippen molar-refractivity contribution >= 4 is 11.7 Å². The van der Waals surface area contributed by atoms with Crippen molar-refractivity contribution in [3.8, 4) is 5.75 Å². The van der Waals surface area contributed by atoms with Crippen LogP contribution in [0.15, 0.2) is 24.3 Å². The SMILES string of the molecule is C[C@@H]1CN(C(=O)Nc2ccc(O[C@H]3CCOC3)cc2)CC(C)(C)O1. The Morgan fingerprint density at radius 1 is 1.33 bits per heavy atom. The van der Waals surface area contributed by atoms with Gasteiger partial charge >= 0.3 is 6.03 Å². The molecule has 2 amide bonds. The van der Waals surface area contributed by atoms with Crippen LogP contribution in [0.1, 0.15) is 27.2 Å². The second-order valence-electron chi connectivity index (χ2n) is 7.13. The molecule has 0 aromatic heterocycles. The van der Waals surface area contributed by atoms with Crippen LogP contribution in [0.5, 0.6) is 5.75 Å². The zero-order valence-electron chi connectivity index (χ0n) is 14.6. The lowest BCUT2D eigenvalue weighted by molar-refractivity contribution is -0.116. The first-order chi connectivity index (χ1) is 11.4. The second-order valence-corrected chi connectivity index (χ2v) is 7.13. The highest BCUT2D eigenvalue weighted by molar-refractivity contribution is 5.89. The number of anilines is 1. The van der Waals surface area contributed by atoms with E-state index in [1.165, 1.54) is 0 Å². The van der Waals surface area contributed by atoms with Crippen molar-refractivity contribution in [1.82, 2.24) is 4.90 Å². The van der Waals surface area contributed by atoms with Crippen LogP contribution in [0.4, 0.5) is 10.5 Å². The summed E-state index contributed by atoms with van der Waals surface area (Å²) in [5.74, 6) is 0.796. The van der Waals surface area contributed by atoms with Gasteiger partial charge < -0.3 is 24.4 Å². The van der Waals surface area contributed by atoms with E-state index in [2.05, 4.69) is 5.32 Å². The van der Waals surface area contributed by atoms with Crippen molar-refractivity contribution in [3.05, 3.63) is 24.3 Å². The molecule has 132 valence electrons. The van der Waals surface area contributed by atoms with E-state index >= 15 is 0 Å². The maximum absolute atomic E-state index is 12.5. The number of urea groups is 1. The number of carbonyl (C=O) groups excluding carboxylic acids is 1. The number of benzene rings is 1. The average molecular weight is 334 g/mol. The Bertz CT molecular complexity index is 567. The number of rotatable bonds is 3. The number of ether oxygens (including phenoxy) is 3. The average Bonchev–Trinajstić information content (AvgIpc) is 3.00. The van der Waals surface area contributed by atoms with Crippen molar-refractivity contribution in [2.75, 3.05) is 31.6 Å². The first-order valence-corrected chi connectivity index (χ1v) is 8.49. The number of hydrogen-bond donors (Lipinski definition) is 1. The quantitative estimate of drug-likeness (QED) is 0.923. The van der Waals surface area contributed by atoms with Crippen molar-refractivity contribution in [1.29, 1.82) is 0 Å². The van der Waals surface area contributed by atoms with E-state index in [0.717, 1.165) is 24.5 Å². The Morgan fingerprint density at radius 2 is 2.08 bits per heavy atom. The maximum Gasteiger partial charge on any atom is 0.322 e. The van der Waals surface area contributed by atoms with Gasteiger partial charge in [-0.05, 0) is 45.0 Å². The standard InChI is InChI=1S/C18H26N2O4/c1-13-10-20(12-18(2,3)24-13)17(21)19-14-4-6-15(7-5-14)23-16-8-9-22-11-16/h4-7,13,16H,8-12H2,1-3H3,(H,19,21)/t13-,16+/m1/s1. The first kappa shape index (κ1) is 17.0. The molecular weight excluding hydrogens is 308 g/mol. The Morgan fingerprint density at radius 3 is 2.71 bits per heavy atom. The van der Waals surface area contributed by atoms with Gasteiger partial charge in [0.15, 0.2) is 0 Å². The number of amides is 2. The lowest BCUT2D eigenvalue weighted by atomic mass is 10.1. The van der Waals surface area contributed by atoms with Crippen LogP contribution in [0, 0.1) is 0 Å². The molecule has 0 spiro atoms. The van der Waals surface area contributed by atoms with Gasteiger partial charge in [-0.3, -0.25) is 0 Å². The Hall–Kier alpha value is -1.79. The molecule has 2 heterocycles. The smallest absolute Gasteiger partial charge is 0.322 e. The van der Waals surface area contributed by atoms with Gasteiger partial charge in [-0.1, -0.05) is 0 Å². The molecule has 2 aliphatic heterocycles. The van der Waals surface area contributed by atoms with E-state index in [1.807, 2.05) is 45.0 Å². The zero-order chi connectivity index (χ0) is 17.2. The summed E-state index contributed by atoms with van der Waals surface area (Å²) in [7, 11) is 0. The molecule has 0 unspecified atom stereocenters. The molecule has 2 aliphatic rings. The van der Waals surface area contributed by atoms with Crippen molar-refractivity contribution in [2.45, 2.75) is 45.0 Å². The number of morpholine rings is 1. The third-order valence-corrected chi connectivity index (χ3v) is 4.15. The predicted molar refractivity (Wildman–Crippen MR) is 91.5 cm³/mol. The summed E-state index contributed by atoms with van der Waals surface area (Å²) < 4.78 is 17.0. The van der Waals surface area contributed by atoms with Crippen molar-refractivity contribution in [2.24, 2.45) is 0 Å². The maximum atomic E-state index is 12.5. The van der Waals surface area contributed by atoms with E-state index in [-0.39, 0.29) is 23.8 Å². The van der Waals surface area contributed by atoms with E-state index < -0.39 is 0 Å². The molecule has 0 radical (unpaired) electrons. The molecule has 2 fully saturated rings. The Balaban J connectivity index is 1.56. The van der Waals surface area contributed by atoms with Crippen LogP contribution in [0.2, 0.25) is 0 Å². The minimum Gasteiger partial charge on any atom is -0.488 e. The fraction of sp³-hybridized carbons (Fsp3) is 0.611. The summed E-state index contributed by atoms with van der Waals surface area (Å²) in [6.07, 6.45) is 1.08. The van der Waals surface area contributed by atoms with E-state index in [4.69, 9.17) is 14.2 Å². The fourth-order valence-corrected chi connectivity index (χ4v) is 3.23. The Kier molecular flexibility index (Phi) is 4.96. The lowest BCUT2D eigenvalue weighted by Gasteiger charge is -2.41. The van der Waals surface area contributed by atoms with Crippen LogP contribution in [-0.4, -0.2) is 55.0 Å². The van der Waals surface area contributed by atoms with Gasteiger partial charge in [-0.15, -0.1) is 0 Å². The van der Waals surface area contributed by atoms with Gasteiger partial charge in [0.25, 0.3) is 0 Å². The molecule has 6 heteroatoms. The number of hydrogen-bond acceptors (Lipinski definition) is 4. The summed E-state index contributed by atoms with van der Waals surface area (Å²) >= 11 is 0. The molecule has 1 aromatic carbocycles. The lowest BCUT2D eigenvalue weighted by Crippen LogP contribution is -2.54. The highest BCUT2D eigenvalue weighted by atomic mass is 16.5. The molecule has 0 aliphatic carbocycles. The number of nitrogens with one attached hydrogen (secondary N) is 1. The predicted octanol–water partition coefficient (Wildman–Crippen LogP) is 2.89. The van der Waals surface area contributed by atoms with Gasteiger partial charge in [0.2, 0.25) is 0 Å². The molecule has 2 saturated heterocycles. The minimum absolute atomic E-state index is 0.0314. The van der Waals surface area contributed by atoms with E-state index in [0.29, 0.717) is 19.7 Å². The fourth-order valence-electron chi connectivity index (χ4n) is 3.23. The Labute approximate surface area is 143 Å².